The van der Waals surface area contributed by atoms with Gasteiger partial charge in [0.05, 0.1) is 0 Å². The molecule has 2 aromatic heterocycles. The normalized spacial score (nSPS) is 11.1. The second-order valence-electron chi connectivity index (χ2n) is 19.1. The van der Waals surface area contributed by atoms with Crippen molar-refractivity contribution >= 4 is 0 Å². The average Bonchev–Trinajstić information content (AvgIpc) is 3.60. The van der Waals surface area contributed by atoms with Gasteiger partial charge in [-0.05, 0) is 103 Å². The first-order valence-electron chi connectivity index (χ1n) is 26.1. The van der Waals surface area contributed by atoms with Crippen molar-refractivity contribution in [1.82, 2.24) is 29.9 Å². The van der Waals surface area contributed by atoms with E-state index in [-0.39, 0.29) is 0 Å². The molecule has 0 bridgehead atoms. The van der Waals surface area contributed by atoms with Crippen molar-refractivity contribution in [2.75, 3.05) is 0 Å². The Kier molecular flexibility index (Phi) is 12.9. The van der Waals surface area contributed by atoms with Gasteiger partial charge in [-0.15, -0.1) is 0 Å². The van der Waals surface area contributed by atoms with Crippen molar-refractivity contribution < 1.29 is 0 Å². The first kappa shape index (κ1) is 47.2. The Morgan fingerprint density at radius 1 is 0.115 bits per heavy atom. The summed E-state index contributed by atoms with van der Waals surface area (Å²) in [5, 5.41) is 0. The number of rotatable bonds is 12. The first-order valence-corrected chi connectivity index (χ1v) is 26.1. The molecule has 6 heteroatoms. The van der Waals surface area contributed by atoms with Gasteiger partial charge in [0, 0.05) is 33.4 Å². The van der Waals surface area contributed by atoms with E-state index in [1.165, 1.54) is 11.1 Å². The summed E-state index contributed by atoms with van der Waals surface area (Å²) in [4.78, 5) is 30.5. The van der Waals surface area contributed by atoms with Gasteiger partial charge in [0.15, 0.2) is 34.9 Å². The summed E-state index contributed by atoms with van der Waals surface area (Å²) in [7, 11) is 0. The highest BCUT2D eigenvalue weighted by Crippen LogP contribution is 2.37. The van der Waals surface area contributed by atoms with Crippen LogP contribution in [0, 0.1) is 0 Å². The molecule has 0 N–H and O–H groups in total. The van der Waals surface area contributed by atoms with E-state index in [1.54, 1.807) is 0 Å². The minimum absolute atomic E-state index is 0.604. The molecule has 2 heterocycles. The van der Waals surface area contributed by atoms with Crippen LogP contribution in [0.1, 0.15) is 0 Å². The highest BCUT2D eigenvalue weighted by molar-refractivity contribution is 5.84. The maximum Gasteiger partial charge on any atom is 0.164 e. The predicted octanol–water partition coefficient (Wildman–Crippen LogP) is 18.1. The van der Waals surface area contributed by atoms with E-state index in [2.05, 4.69) is 188 Å². The minimum Gasteiger partial charge on any atom is -0.208 e. The number of hydrogen-bond donors (Lipinski definition) is 0. The Morgan fingerprint density at radius 2 is 0.295 bits per heavy atom. The Balaban J connectivity index is 0.831. The molecule has 0 aliphatic heterocycles. The molecule has 0 aliphatic carbocycles. The number of nitrogens with zero attached hydrogens (tertiary/aromatic N) is 6. The number of benzene rings is 11. The molecule has 0 radical (unpaired) electrons. The lowest BCUT2D eigenvalue weighted by Crippen LogP contribution is -2.00. The van der Waals surface area contributed by atoms with E-state index in [0.717, 1.165) is 89.0 Å². The summed E-state index contributed by atoms with van der Waals surface area (Å²) in [5.41, 5.74) is 18.8. The van der Waals surface area contributed by atoms with Gasteiger partial charge in [-0.25, -0.2) is 29.9 Å². The average molecular weight is 997 g/mol. The highest BCUT2D eigenvalue weighted by Gasteiger charge is 2.17. The van der Waals surface area contributed by atoms with Crippen molar-refractivity contribution in [2.45, 2.75) is 0 Å². The molecule has 0 spiro atoms. The maximum absolute atomic E-state index is 5.14. The van der Waals surface area contributed by atoms with E-state index < -0.39 is 0 Å². The van der Waals surface area contributed by atoms with E-state index in [0.29, 0.717) is 34.9 Å². The molecule has 0 amide bonds. The molecular weight excluding hydrogens is 949 g/mol. The third-order valence-electron chi connectivity index (χ3n) is 14.0. The maximum atomic E-state index is 5.14. The molecule has 0 fully saturated rings. The Morgan fingerprint density at radius 3 is 0.654 bits per heavy atom. The molecule has 13 rings (SSSR count). The number of hydrogen-bond acceptors (Lipinski definition) is 6. The van der Waals surface area contributed by atoms with Crippen LogP contribution in [-0.2, 0) is 0 Å². The highest BCUT2D eigenvalue weighted by atomic mass is 15.0. The Hall–Kier alpha value is -10.6. The van der Waals surface area contributed by atoms with E-state index in [9.17, 15) is 0 Å². The van der Waals surface area contributed by atoms with Gasteiger partial charge in [0.2, 0.25) is 0 Å². The lowest BCUT2D eigenvalue weighted by Gasteiger charge is -2.13. The lowest BCUT2D eigenvalue weighted by atomic mass is 9.93. The molecule has 0 atom stereocenters. The van der Waals surface area contributed by atoms with Crippen LogP contribution in [0.3, 0.4) is 0 Å². The van der Waals surface area contributed by atoms with Gasteiger partial charge in [-0.3, -0.25) is 0 Å². The number of aromatic nitrogens is 6. The predicted molar refractivity (Wildman–Crippen MR) is 318 cm³/mol. The smallest absolute Gasteiger partial charge is 0.164 e. The third kappa shape index (κ3) is 10.2. The molecule has 0 saturated heterocycles. The molecule has 0 saturated carbocycles. The fourth-order valence-electron chi connectivity index (χ4n) is 9.90. The van der Waals surface area contributed by atoms with Crippen LogP contribution in [0.5, 0.6) is 0 Å². The Labute approximate surface area is 453 Å². The van der Waals surface area contributed by atoms with Crippen LogP contribution in [0.4, 0.5) is 0 Å². The van der Waals surface area contributed by atoms with Gasteiger partial charge in [-0.2, -0.15) is 0 Å². The third-order valence-corrected chi connectivity index (χ3v) is 14.0. The molecular formula is C72H48N6. The van der Waals surface area contributed by atoms with Crippen LogP contribution >= 0.6 is 0 Å². The summed E-state index contributed by atoms with van der Waals surface area (Å²) in [6, 6.07) is 101. The largest absolute Gasteiger partial charge is 0.208 e. The van der Waals surface area contributed by atoms with E-state index in [1.807, 2.05) is 103 Å². The second kappa shape index (κ2) is 21.4. The molecule has 78 heavy (non-hydrogen) atoms. The quantitative estimate of drug-likeness (QED) is 0.121. The van der Waals surface area contributed by atoms with Crippen LogP contribution in [0.15, 0.2) is 291 Å². The van der Waals surface area contributed by atoms with E-state index in [4.69, 9.17) is 29.9 Å². The standard InChI is InChI=1S/C72H48N6/c1-6-19-49(20-7-1)51-35-37-52(38-36-51)53-39-41-57(42-40-53)70-74-67(54-23-10-3-11-24-54)75-71(76-70)63-34-18-32-61(45-63)59-30-16-29-58(43-59)60-31-17-33-62(44-60)65-46-64(50-21-8-2-9-22-50)47-66(48-65)72-77-68(55-25-12-4-13-26-55)73-69(78-72)56-27-14-5-15-28-56/h1-48H. The van der Waals surface area contributed by atoms with Gasteiger partial charge >= 0.3 is 0 Å². The van der Waals surface area contributed by atoms with Crippen molar-refractivity contribution in [3.05, 3.63) is 291 Å². The molecule has 0 unspecified atom stereocenters. The zero-order chi connectivity index (χ0) is 52.0. The SMILES string of the molecule is c1ccc(-c2ccc(-c3ccc(-c4nc(-c5ccccc5)nc(-c5cccc(-c6cccc(-c7cccc(-c8cc(-c9ccccc9)cc(-c9nc(-c%10ccccc%10)nc(-c%10ccccc%10)n9)c8)c7)c6)c5)n4)cc3)cc2)cc1. The minimum atomic E-state index is 0.604. The fraction of sp³-hybridized carbons (Fsp3) is 0. The first-order chi connectivity index (χ1) is 38.6. The fourth-order valence-corrected chi connectivity index (χ4v) is 9.90. The molecule has 6 nitrogen and oxygen atoms in total. The summed E-state index contributed by atoms with van der Waals surface area (Å²) in [6.07, 6.45) is 0. The second-order valence-corrected chi connectivity index (χ2v) is 19.1. The van der Waals surface area contributed by atoms with Crippen LogP contribution in [-0.4, -0.2) is 29.9 Å². The van der Waals surface area contributed by atoms with Crippen molar-refractivity contribution in [3.8, 4) is 135 Å². The molecule has 13 aromatic rings. The van der Waals surface area contributed by atoms with Gasteiger partial charge in [-0.1, -0.05) is 255 Å². The summed E-state index contributed by atoms with van der Waals surface area (Å²) < 4.78 is 0. The lowest BCUT2D eigenvalue weighted by molar-refractivity contribution is 1.07. The van der Waals surface area contributed by atoms with Gasteiger partial charge < -0.3 is 0 Å². The monoisotopic (exact) mass is 996 g/mol. The van der Waals surface area contributed by atoms with Gasteiger partial charge in [0.1, 0.15) is 0 Å². The van der Waals surface area contributed by atoms with Crippen molar-refractivity contribution in [2.24, 2.45) is 0 Å². The molecule has 366 valence electrons. The zero-order valence-electron chi connectivity index (χ0n) is 42.4. The molecule has 0 aliphatic rings. The van der Waals surface area contributed by atoms with Crippen LogP contribution in [0.2, 0.25) is 0 Å². The topological polar surface area (TPSA) is 77.3 Å². The van der Waals surface area contributed by atoms with Gasteiger partial charge in [0.25, 0.3) is 0 Å². The van der Waals surface area contributed by atoms with Crippen molar-refractivity contribution in [1.29, 1.82) is 0 Å². The van der Waals surface area contributed by atoms with E-state index >= 15 is 0 Å². The summed E-state index contributed by atoms with van der Waals surface area (Å²) >= 11 is 0. The summed E-state index contributed by atoms with van der Waals surface area (Å²) in [6.45, 7) is 0. The van der Waals surface area contributed by atoms with Crippen LogP contribution < -0.4 is 0 Å². The Bertz CT molecular complexity index is 4150. The zero-order valence-corrected chi connectivity index (χ0v) is 42.4. The summed E-state index contributed by atoms with van der Waals surface area (Å²) in [5.74, 6) is 3.68. The molecule has 11 aromatic carbocycles. The van der Waals surface area contributed by atoms with Crippen molar-refractivity contribution in [3.63, 3.8) is 0 Å². The van der Waals surface area contributed by atoms with Crippen LogP contribution in [0.25, 0.3) is 135 Å².